The predicted molar refractivity (Wildman–Crippen MR) is 74.8 cm³/mol. The number of benzene rings is 1. The first-order chi connectivity index (χ1) is 8.95. The molecule has 5 nitrogen and oxygen atoms in total. The maximum absolute atomic E-state index is 12.1. The lowest BCUT2D eigenvalue weighted by Gasteiger charge is -2.18. The van der Waals surface area contributed by atoms with Gasteiger partial charge in [-0.05, 0) is 40.4 Å². The molecule has 0 fully saturated rings. The normalized spacial score (nSPS) is 12.1. The number of hydroxylamine groups is 1. The van der Waals surface area contributed by atoms with Crippen molar-refractivity contribution in [1.29, 1.82) is 0 Å². The van der Waals surface area contributed by atoms with Gasteiger partial charge in [-0.1, -0.05) is 26.0 Å². The fourth-order valence-electron chi connectivity index (χ4n) is 1.66. The van der Waals surface area contributed by atoms with E-state index in [1.54, 1.807) is 29.7 Å². The molecule has 0 aromatic heterocycles. The van der Waals surface area contributed by atoms with Gasteiger partial charge in [-0.3, -0.25) is 14.8 Å². The molecule has 3 N–H and O–H groups in total. The van der Waals surface area contributed by atoms with Crippen LogP contribution in [-0.2, 0) is 4.79 Å². The van der Waals surface area contributed by atoms with Gasteiger partial charge in [-0.2, -0.15) is 0 Å². The molecule has 0 saturated carbocycles. The van der Waals surface area contributed by atoms with Crippen LogP contribution in [0.4, 0.5) is 0 Å². The second-order valence-electron chi connectivity index (χ2n) is 4.61. The van der Waals surface area contributed by atoms with Crippen molar-refractivity contribution in [2.24, 2.45) is 5.92 Å². The van der Waals surface area contributed by atoms with Gasteiger partial charge in [-0.25, -0.2) is 5.48 Å². The van der Waals surface area contributed by atoms with E-state index in [1.807, 2.05) is 13.8 Å². The van der Waals surface area contributed by atoms with Crippen LogP contribution in [0.25, 0.3) is 0 Å². The molecule has 0 saturated heterocycles. The van der Waals surface area contributed by atoms with Crippen molar-refractivity contribution in [2.75, 3.05) is 0 Å². The minimum absolute atomic E-state index is 0.210. The zero-order chi connectivity index (χ0) is 14.4. The van der Waals surface area contributed by atoms with Crippen molar-refractivity contribution in [3.05, 3.63) is 34.3 Å². The first-order valence-electron chi connectivity index (χ1n) is 5.95. The Morgan fingerprint density at radius 2 is 1.95 bits per heavy atom. The summed E-state index contributed by atoms with van der Waals surface area (Å²) in [4.78, 5) is 23.6. The van der Waals surface area contributed by atoms with Crippen LogP contribution in [0.1, 0.15) is 30.6 Å². The van der Waals surface area contributed by atoms with Gasteiger partial charge >= 0.3 is 0 Å². The fraction of sp³-hybridized carbons (Fsp3) is 0.385. The highest BCUT2D eigenvalue weighted by atomic mass is 79.9. The zero-order valence-electron chi connectivity index (χ0n) is 10.8. The molecular weight excluding hydrogens is 312 g/mol. The molecule has 19 heavy (non-hydrogen) atoms. The van der Waals surface area contributed by atoms with Crippen LogP contribution < -0.4 is 10.8 Å². The van der Waals surface area contributed by atoms with Crippen molar-refractivity contribution in [1.82, 2.24) is 10.8 Å². The van der Waals surface area contributed by atoms with E-state index in [-0.39, 0.29) is 11.8 Å². The van der Waals surface area contributed by atoms with Crippen molar-refractivity contribution in [2.45, 2.75) is 26.3 Å². The Bertz CT molecular complexity index is 463. The molecule has 0 bridgehead atoms. The molecule has 1 aromatic carbocycles. The van der Waals surface area contributed by atoms with Gasteiger partial charge in [-0.15, -0.1) is 0 Å². The minimum atomic E-state index is -0.760. The van der Waals surface area contributed by atoms with Crippen molar-refractivity contribution < 1.29 is 14.8 Å². The molecular formula is C13H17BrN2O3. The van der Waals surface area contributed by atoms with E-state index in [1.165, 1.54) is 0 Å². The SMILES string of the molecule is CC(C)CC(NC(=O)c1ccccc1Br)C(=O)NO. The van der Waals surface area contributed by atoms with Gasteiger partial charge in [0.05, 0.1) is 5.56 Å². The van der Waals surface area contributed by atoms with E-state index in [2.05, 4.69) is 21.2 Å². The minimum Gasteiger partial charge on any atom is -0.340 e. The van der Waals surface area contributed by atoms with Crippen LogP contribution in [0.3, 0.4) is 0 Å². The van der Waals surface area contributed by atoms with E-state index in [4.69, 9.17) is 5.21 Å². The van der Waals surface area contributed by atoms with E-state index in [0.717, 1.165) is 0 Å². The Kier molecular flexibility index (Phi) is 5.98. The molecule has 1 aromatic rings. The number of hydrogen-bond acceptors (Lipinski definition) is 3. The van der Waals surface area contributed by atoms with Gasteiger partial charge in [0.25, 0.3) is 11.8 Å². The van der Waals surface area contributed by atoms with Gasteiger partial charge in [0.2, 0.25) is 0 Å². The number of carbonyl (C=O) groups is 2. The van der Waals surface area contributed by atoms with Gasteiger partial charge < -0.3 is 5.32 Å². The van der Waals surface area contributed by atoms with Gasteiger partial charge in [0, 0.05) is 4.47 Å². The van der Waals surface area contributed by atoms with Crippen LogP contribution in [0.15, 0.2) is 28.7 Å². The van der Waals surface area contributed by atoms with Gasteiger partial charge in [0.15, 0.2) is 0 Å². The number of amides is 2. The number of rotatable bonds is 5. The summed E-state index contributed by atoms with van der Waals surface area (Å²) in [6.45, 7) is 3.87. The summed E-state index contributed by atoms with van der Waals surface area (Å²) in [5.74, 6) is -0.766. The van der Waals surface area contributed by atoms with Crippen LogP contribution >= 0.6 is 15.9 Å². The standard InChI is InChI=1S/C13H17BrN2O3/c1-8(2)7-11(13(18)16-19)15-12(17)9-5-3-4-6-10(9)14/h3-6,8,11,19H,7H2,1-2H3,(H,15,17)(H,16,18). The van der Waals surface area contributed by atoms with Crippen LogP contribution in [0, 0.1) is 5.92 Å². The van der Waals surface area contributed by atoms with E-state index in [9.17, 15) is 9.59 Å². The van der Waals surface area contributed by atoms with Gasteiger partial charge in [0.1, 0.15) is 6.04 Å². The first-order valence-corrected chi connectivity index (χ1v) is 6.74. The van der Waals surface area contributed by atoms with Crippen LogP contribution in [0.2, 0.25) is 0 Å². The molecule has 0 aliphatic rings. The maximum atomic E-state index is 12.1. The lowest BCUT2D eigenvalue weighted by atomic mass is 10.0. The highest BCUT2D eigenvalue weighted by Gasteiger charge is 2.22. The van der Waals surface area contributed by atoms with E-state index < -0.39 is 11.9 Å². The molecule has 1 atom stereocenters. The highest BCUT2D eigenvalue weighted by Crippen LogP contribution is 2.16. The molecule has 104 valence electrons. The Labute approximate surface area is 120 Å². The van der Waals surface area contributed by atoms with E-state index in [0.29, 0.717) is 16.5 Å². The zero-order valence-corrected chi connectivity index (χ0v) is 12.4. The highest BCUT2D eigenvalue weighted by molar-refractivity contribution is 9.10. The number of halogens is 1. The molecule has 2 amide bonds. The van der Waals surface area contributed by atoms with Crippen molar-refractivity contribution in [3.63, 3.8) is 0 Å². The third-order valence-corrected chi connectivity index (χ3v) is 3.25. The lowest BCUT2D eigenvalue weighted by molar-refractivity contribution is -0.131. The molecule has 0 radical (unpaired) electrons. The fourth-order valence-corrected chi connectivity index (χ4v) is 2.13. The summed E-state index contributed by atoms with van der Waals surface area (Å²) in [7, 11) is 0. The topological polar surface area (TPSA) is 78.4 Å². The summed E-state index contributed by atoms with van der Waals surface area (Å²) in [5, 5.41) is 11.3. The third kappa shape index (κ3) is 4.65. The second kappa shape index (κ2) is 7.25. The Balaban J connectivity index is 2.82. The smallest absolute Gasteiger partial charge is 0.265 e. The monoisotopic (exact) mass is 328 g/mol. The molecule has 0 heterocycles. The number of carbonyl (C=O) groups excluding carboxylic acids is 2. The average molecular weight is 329 g/mol. The molecule has 1 unspecified atom stereocenters. The summed E-state index contributed by atoms with van der Waals surface area (Å²) >= 11 is 3.28. The summed E-state index contributed by atoms with van der Waals surface area (Å²) < 4.78 is 0.653. The predicted octanol–water partition coefficient (Wildman–Crippen LogP) is 2.10. The first kappa shape index (κ1) is 15.7. The molecule has 0 aliphatic heterocycles. The van der Waals surface area contributed by atoms with Crippen molar-refractivity contribution >= 4 is 27.7 Å². The average Bonchev–Trinajstić information content (AvgIpc) is 2.36. The summed E-state index contributed by atoms with van der Waals surface area (Å²) in [6.07, 6.45) is 0.447. The molecule has 0 aliphatic carbocycles. The van der Waals surface area contributed by atoms with Crippen LogP contribution in [0.5, 0.6) is 0 Å². The largest absolute Gasteiger partial charge is 0.340 e. The number of nitrogens with one attached hydrogen (secondary N) is 2. The molecule has 6 heteroatoms. The summed E-state index contributed by atoms with van der Waals surface area (Å²) in [5.41, 5.74) is 2.02. The third-order valence-electron chi connectivity index (χ3n) is 2.56. The Hall–Kier alpha value is -1.40. The quantitative estimate of drug-likeness (QED) is 0.572. The summed E-state index contributed by atoms with van der Waals surface area (Å²) in [6, 6.07) is 6.18. The molecule has 1 rings (SSSR count). The van der Waals surface area contributed by atoms with E-state index >= 15 is 0 Å². The Morgan fingerprint density at radius 1 is 1.32 bits per heavy atom. The maximum Gasteiger partial charge on any atom is 0.265 e. The lowest BCUT2D eigenvalue weighted by Crippen LogP contribution is -2.46. The Morgan fingerprint density at radius 3 is 2.47 bits per heavy atom. The number of hydrogen-bond donors (Lipinski definition) is 3. The second-order valence-corrected chi connectivity index (χ2v) is 5.47. The van der Waals surface area contributed by atoms with Crippen LogP contribution in [-0.4, -0.2) is 23.1 Å². The van der Waals surface area contributed by atoms with Crippen molar-refractivity contribution in [3.8, 4) is 0 Å². The molecule has 0 spiro atoms.